The molecule has 2 rings (SSSR count). The molecule has 0 aromatic carbocycles. The first-order valence-electron chi connectivity index (χ1n) is 5.50. The second-order valence-corrected chi connectivity index (χ2v) is 4.91. The van der Waals surface area contributed by atoms with E-state index in [1.165, 1.54) is 12.2 Å². The molecule has 1 aliphatic heterocycles. The number of rotatable bonds is 4. The van der Waals surface area contributed by atoms with E-state index in [-0.39, 0.29) is 0 Å². The van der Waals surface area contributed by atoms with Crippen molar-refractivity contribution in [3.63, 3.8) is 0 Å². The van der Waals surface area contributed by atoms with Crippen molar-refractivity contribution >= 4 is 23.4 Å². The molecule has 2 heterocycles. The molecule has 1 unspecified atom stereocenters. The van der Waals surface area contributed by atoms with Crippen molar-refractivity contribution in [2.24, 2.45) is 5.84 Å². The first kappa shape index (κ1) is 11.5. The average Bonchev–Trinajstić information content (AvgIpc) is 2.81. The maximum atomic E-state index is 5.38. The number of aromatic nitrogens is 2. The van der Waals surface area contributed by atoms with Crippen LogP contribution in [0.2, 0.25) is 0 Å². The maximum Gasteiger partial charge on any atom is 0.145 e. The molecule has 6 heteroatoms. The molecule has 1 atom stereocenters. The van der Waals surface area contributed by atoms with E-state index in [1.807, 2.05) is 24.8 Å². The minimum absolute atomic E-state index is 0.523. The summed E-state index contributed by atoms with van der Waals surface area (Å²) in [4.78, 5) is 8.69. The third-order valence-corrected chi connectivity index (χ3v) is 3.68. The zero-order valence-electron chi connectivity index (χ0n) is 9.36. The van der Waals surface area contributed by atoms with E-state index in [0.29, 0.717) is 11.9 Å². The predicted molar refractivity (Wildman–Crippen MR) is 68.6 cm³/mol. The van der Waals surface area contributed by atoms with Gasteiger partial charge in [0.05, 0.1) is 0 Å². The van der Waals surface area contributed by atoms with E-state index in [9.17, 15) is 0 Å². The first-order chi connectivity index (χ1) is 7.81. The summed E-state index contributed by atoms with van der Waals surface area (Å²) in [5.74, 6) is 10.1. The highest BCUT2D eigenvalue weighted by Crippen LogP contribution is 2.21. The van der Waals surface area contributed by atoms with E-state index in [1.54, 1.807) is 0 Å². The Morgan fingerprint density at radius 2 is 2.31 bits per heavy atom. The van der Waals surface area contributed by atoms with Gasteiger partial charge in [-0.25, -0.2) is 15.8 Å². The highest BCUT2D eigenvalue weighted by molar-refractivity contribution is 7.99. The molecule has 16 heavy (non-hydrogen) atoms. The number of nitrogens with one attached hydrogen (secondary N) is 2. The highest BCUT2D eigenvalue weighted by Gasteiger charge is 2.16. The van der Waals surface area contributed by atoms with Crippen molar-refractivity contribution in [2.75, 3.05) is 22.2 Å². The molecule has 0 radical (unpaired) electrons. The lowest BCUT2D eigenvalue weighted by molar-refractivity contribution is 0.800. The lowest BCUT2D eigenvalue weighted by atomic mass is 10.2. The molecule has 0 spiro atoms. The van der Waals surface area contributed by atoms with E-state index in [2.05, 4.69) is 20.7 Å². The fraction of sp³-hybridized carbons (Fsp3) is 0.600. The molecule has 5 nitrogen and oxygen atoms in total. The standard InChI is InChI=1S/C10H17N5S/c1-2-8-13-9(5-10(14-8)15-11)12-7-3-4-16-6-7/h5,7H,2-4,6,11H2,1H3,(H2,12,13,14,15). The Morgan fingerprint density at radius 1 is 1.50 bits per heavy atom. The summed E-state index contributed by atoms with van der Waals surface area (Å²) in [6.45, 7) is 2.03. The van der Waals surface area contributed by atoms with Gasteiger partial charge in [-0.15, -0.1) is 0 Å². The number of aryl methyl sites for hydroxylation is 1. The van der Waals surface area contributed by atoms with E-state index >= 15 is 0 Å². The fourth-order valence-electron chi connectivity index (χ4n) is 1.66. The monoisotopic (exact) mass is 239 g/mol. The Bertz CT molecular complexity index is 329. The van der Waals surface area contributed by atoms with Crippen LogP contribution in [0.25, 0.3) is 0 Å². The lowest BCUT2D eigenvalue weighted by Gasteiger charge is -2.13. The summed E-state index contributed by atoms with van der Waals surface area (Å²) in [5, 5.41) is 3.42. The summed E-state index contributed by atoms with van der Waals surface area (Å²) >= 11 is 1.98. The largest absolute Gasteiger partial charge is 0.366 e. The van der Waals surface area contributed by atoms with Crippen LogP contribution in [0.5, 0.6) is 0 Å². The molecule has 0 amide bonds. The summed E-state index contributed by atoms with van der Waals surface area (Å²) in [6.07, 6.45) is 2.01. The van der Waals surface area contributed by atoms with E-state index in [4.69, 9.17) is 5.84 Å². The number of hydrogen-bond acceptors (Lipinski definition) is 6. The van der Waals surface area contributed by atoms with Crippen LogP contribution in [-0.4, -0.2) is 27.5 Å². The zero-order valence-corrected chi connectivity index (χ0v) is 10.2. The number of anilines is 2. The van der Waals surface area contributed by atoms with Gasteiger partial charge in [0, 0.05) is 24.3 Å². The van der Waals surface area contributed by atoms with Crippen molar-refractivity contribution in [3.8, 4) is 0 Å². The topological polar surface area (TPSA) is 75.9 Å². The van der Waals surface area contributed by atoms with Gasteiger partial charge < -0.3 is 10.7 Å². The van der Waals surface area contributed by atoms with Crippen molar-refractivity contribution in [1.29, 1.82) is 0 Å². The number of nitrogen functional groups attached to an aromatic ring is 1. The van der Waals surface area contributed by atoms with Crippen molar-refractivity contribution in [2.45, 2.75) is 25.8 Å². The maximum absolute atomic E-state index is 5.38. The van der Waals surface area contributed by atoms with Gasteiger partial charge in [0.2, 0.25) is 0 Å². The van der Waals surface area contributed by atoms with Gasteiger partial charge in [0.1, 0.15) is 17.5 Å². The Hall–Kier alpha value is -1.01. The van der Waals surface area contributed by atoms with Crippen LogP contribution in [-0.2, 0) is 6.42 Å². The van der Waals surface area contributed by atoms with Crippen LogP contribution in [0.1, 0.15) is 19.2 Å². The molecule has 0 bridgehead atoms. The predicted octanol–water partition coefficient (Wildman–Crippen LogP) is 1.24. The number of hydrazine groups is 1. The van der Waals surface area contributed by atoms with Crippen LogP contribution in [0.3, 0.4) is 0 Å². The minimum atomic E-state index is 0.523. The van der Waals surface area contributed by atoms with Crippen molar-refractivity contribution in [3.05, 3.63) is 11.9 Å². The first-order valence-corrected chi connectivity index (χ1v) is 6.66. The van der Waals surface area contributed by atoms with Gasteiger partial charge in [-0.05, 0) is 12.2 Å². The second kappa shape index (κ2) is 5.36. The summed E-state index contributed by atoms with van der Waals surface area (Å²) in [5.41, 5.74) is 2.57. The van der Waals surface area contributed by atoms with Crippen molar-refractivity contribution < 1.29 is 0 Å². The minimum Gasteiger partial charge on any atom is -0.366 e. The van der Waals surface area contributed by atoms with Gasteiger partial charge in [-0.1, -0.05) is 6.92 Å². The number of nitrogens with zero attached hydrogens (tertiary/aromatic N) is 2. The Morgan fingerprint density at radius 3 is 2.94 bits per heavy atom. The molecule has 1 aromatic heterocycles. The number of nitrogens with two attached hydrogens (primary N) is 1. The van der Waals surface area contributed by atoms with E-state index in [0.717, 1.165) is 23.8 Å². The Kier molecular flexibility index (Phi) is 3.84. The molecule has 0 aliphatic carbocycles. The van der Waals surface area contributed by atoms with Crippen LogP contribution in [0, 0.1) is 0 Å². The normalized spacial score (nSPS) is 19.8. The summed E-state index contributed by atoms with van der Waals surface area (Å²) in [6, 6.07) is 2.37. The number of hydrogen-bond donors (Lipinski definition) is 3. The van der Waals surface area contributed by atoms with E-state index < -0.39 is 0 Å². The zero-order chi connectivity index (χ0) is 11.4. The summed E-state index contributed by atoms with van der Waals surface area (Å²) in [7, 11) is 0. The van der Waals surface area contributed by atoms with Crippen LogP contribution >= 0.6 is 11.8 Å². The molecule has 1 aromatic rings. The number of thioether (sulfide) groups is 1. The lowest BCUT2D eigenvalue weighted by Crippen LogP contribution is -2.20. The molecular weight excluding hydrogens is 222 g/mol. The molecule has 0 saturated carbocycles. The second-order valence-electron chi connectivity index (χ2n) is 3.76. The van der Waals surface area contributed by atoms with Crippen LogP contribution in [0.15, 0.2) is 6.07 Å². The van der Waals surface area contributed by atoms with Gasteiger partial charge in [0.25, 0.3) is 0 Å². The van der Waals surface area contributed by atoms with Crippen molar-refractivity contribution in [1.82, 2.24) is 9.97 Å². The molecule has 1 aliphatic rings. The van der Waals surface area contributed by atoms with Gasteiger partial charge in [0.15, 0.2) is 0 Å². The molecular formula is C10H17N5S. The Labute approximate surface area is 99.6 Å². The third-order valence-electron chi connectivity index (χ3n) is 2.52. The molecule has 88 valence electrons. The highest BCUT2D eigenvalue weighted by atomic mass is 32.2. The average molecular weight is 239 g/mol. The molecule has 1 saturated heterocycles. The third kappa shape index (κ3) is 2.76. The van der Waals surface area contributed by atoms with Gasteiger partial charge in [-0.2, -0.15) is 11.8 Å². The van der Waals surface area contributed by atoms with Gasteiger partial charge >= 0.3 is 0 Å². The quantitative estimate of drug-likeness (QED) is 0.542. The molecule has 4 N–H and O–H groups in total. The SMILES string of the molecule is CCc1nc(NN)cc(NC2CCSC2)n1. The van der Waals surface area contributed by atoms with Crippen LogP contribution in [0.4, 0.5) is 11.6 Å². The summed E-state index contributed by atoms with van der Waals surface area (Å²) < 4.78 is 0. The smallest absolute Gasteiger partial charge is 0.145 e. The molecule has 1 fully saturated rings. The van der Waals surface area contributed by atoms with Gasteiger partial charge in [-0.3, -0.25) is 0 Å². The Balaban J connectivity index is 2.12. The fourth-order valence-corrected chi connectivity index (χ4v) is 2.81. The van der Waals surface area contributed by atoms with Crippen LogP contribution < -0.4 is 16.6 Å².